The van der Waals surface area contributed by atoms with Gasteiger partial charge in [-0.2, -0.15) is 5.10 Å². The van der Waals surface area contributed by atoms with Crippen LogP contribution in [0.3, 0.4) is 0 Å². The lowest BCUT2D eigenvalue weighted by molar-refractivity contribution is -0.127. The van der Waals surface area contributed by atoms with Crippen molar-refractivity contribution >= 4 is 23.5 Å². The summed E-state index contributed by atoms with van der Waals surface area (Å²) < 4.78 is 6.55. The van der Waals surface area contributed by atoms with E-state index in [1.54, 1.807) is 18.7 Å². The van der Waals surface area contributed by atoms with Crippen LogP contribution in [-0.2, 0) is 16.1 Å². The van der Waals surface area contributed by atoms with Gasteiger partial charge in [0.15, 0.2) is 5.69 Å². The highest BCUT2D eigenvalue weighted by Gasteiger charge is 2.50. The summed E-state index contributed by atoms with van der Waals surface area (Å²) in [5, 5.41) is 7.56. The molecule has 4 rings (SSSR count). The molecule has 1 aromatic heterocycles. The molecule has 1 aromatic carbocycles. The number of fused-ring (bicyclic) bond motifs is 1. The lowest BCUT2D eigenvalue weighted by atomic mass is 9.86. The fourth-order valence-electron chi connectivity index (χ4n) is 4.99. The van der Waals surface area contributed by atoms with Gasteiger partial charge in [0.1, 0.15) is 11.2 Å². The minimum absolute atomic E-state index is 0.0667. The van der Waals surface area contributed by atoms with Crippen LogP contribution in [0.1, 0.15) is 78.6 Å². The van der Waals surface area contributed by atoms with E-state index in [1.165, 1.54) is 10.7 Å². The van der Waals surface area contributed by atoms with E-state index >= 15 is 0 Å². The molecule has 2 heterocycles. The van der Waals surface area contributed by atoms with Crippen molar-refractivity contribution in [3.05, 3.63) is 46.8 Å². The minimum Gasteiger partial charge on any atom is -0.461 e. The maximum atomic E-state index is 13.9. The first-order valence-electron chi connectivity index (χ1n) is 12.1. The number of carbonyl (C=O) groups excluding carboxylic acids is 3. The van der Waals surface area contributed by atoms with Crippen LogP contribution in [0.15, 0.2) is 24.3 Å². The molecule has 0 saturated heterocycles. The second-order valence-corrected chi connectivity index (χ2v) is 9.86. The first kappa shape index (κ1) is 24.0. The molecule has 34 heavy (non-hydrogen) atoms. The van der Waals surface area contributed by atoms with Gasteiger partial charge in [-0.3, -0.25) is 19.2 Å². The highest BCUT2D eigenvalue weighted by molar-refractivity contribution is 6.12. The first-order valence-corrected chi connectivity index (χ1v) is 12.1. The van der Waals surface area contributed by atoms with Crippen LogP contribution >= 0.6 is 0 Å². The number of esters is 1. The molecule has 8 nitrogen and oxygen atoms in total. The average molecular weight is 467 g/mol. The van der Waals surface area contributed by atoms with E-state index in [0.29, 0.717) is 11.6 Å². The van der Waals surface area contributed by atoms with Crippen molar-refractivity contribution in [1.82, 2.24) is 15.1 Å². The van der Waals surface area contributed by atoms with E-state index < -0.39 is 11.5 Å². The Balaban J connectivity index is 1.75. The van der Waals surface area contributed by atoms with Crippen LogP contribution in [-0.4, -0.2) is 45.8 Å². The normalized spacial score (nSPS) is 24.5. The monoisotopic (exact) mass is 466 g/mol. The summed E-state index contributed by atoms with van der Waals surface area (Å²) in [7, 11) is 0. The molecule has 1 aliphatic carbocycles. The minimum atomic E-state index is -1.22. The predicted octanol–water partition coefficient (Wildman–Crippen LogP) is 3.79. The molecule has 2 aliphatic rings. The fourth-order valence-corrected chi connectivity index (χ4v) is 4.99. The predicted molar refractivity (Wildman–Crippen MR) is 129 cm³/mol. The fraction of sp³-hybridized carbons (Fsp3) is 0.538. The van der Waals surface area contributed by atoms with Gasteiger partial charge in [0.25, 0.3) is 5.91 Å². The highest BCUT2D eigenvalue weighted by atomic mass is 16.5. The zero-order chi connectivity index (χ0) is 24.6. The van der Waals surface area contributed by atoms with Gasteiger partial charge in [0, 0.05) is 17.8 Å². The number of anilines is 1. The van der Waals surface area contributed by atoms with E-state index in [-0.39, 0.29) is 42.4 Å². The summed E-state index contributed by atoms with van der Waals surface area (Å²) >= 11 is 0. The van der Waals surface area contributed by atoms with E-state index in [0.717, 1.165) is 36.8 Å². The molecule has 2 amide bonds. The van der Waals surface area contributed by atoms with Gasteiger partial charge < -0.3 is 10.1 Å². The second kappa shape index (κ2) is 9.24. The molecule has 0 spiro atoms. The number of carbonyl (C=O) groups is 3. The number of nitrogens with one attached hydrogen (secondary N) is 1. The third-order valence-electron chi connectivity index (χ3n) is 7.30. The molecule has 1 N–H and O–H groups in total. The zero-order valence-electron chi connectivity index (χ0n) is 20.7. The number of nitrogens with zero attached hydrogens (tertiary/aromatic N) is 3. The standard InChI is InChI=1S/C26H34N4O4/c1-6-34-24(32)20-14-22-23(31)30(21-9-7-8-17(3)18(21)4)26(5,15-29(22)28-20)25(33)27-19-12-10-16(2)11-13-19/h7-9,14,16,19H,6,10-13,15H2,1-5H3,(H,27,33). The van der Waals surface area contributed by atoms with Crippen LogP contribution in [0.25, 0.3) is 0 Å². The summed E-state index contributed by atoms with van der Waals surface area (Å²) in [6, 6.07) is 7.29. The van der Waals surface area contributed by atoms with Crippen molar-refractivity contribution in [3.63, 3.8) is 0 Å². The Labute approximate surface area is 200 Å². The van der Waals surface area contributed by atoms with Gasteiger partial charge in [0.05, 0.1) is 13.2 Å². The van der Waals surface area contributed by atoms with Gasteiger partial charge in [-0.05, 0) is 76.5 Å². The van der Waals surface area contributed by atoms with Gasteiger partial charge >= 0.3 is 5.97 Å². The average Bonchev–Trinajstić information content (AvgIpc) is 3.22. The Kier molecular flexibility index (Phi) is 6.51. The summed E-state index contributed by atoms with van der Waals surface area (Å²) in [6.07, 6.45) is 4.02. The van der Waals surface area contributed by atoms with Crippen molar-refractivity contribution in [2.24, 2.45) is 5.92 Å². The van der Waals surface area contributed by atoms with Gasteiger partial charge in [0.2, 0.25) is 5.91 Å². The maximum absolute atomic E-state index is 13.9. The van der Waals surface area contributed by atoms with Crippen LogP contribution in [0.5, 0.6) is 0 Å². The van der Waals surface area contributed by atoms with Crippen LogP contribution < -0.4 is 10.2 Å². The number of hydrogen-bond donors (Lipinski definition) is 1. The second-order valence-electron chi connectivity index (χ2n) is 9.86. The molecule has 1 aliphatic heterocycles. The molecule has 1 saturated carbocycles. The Morgan fingerprint density at radius 1 is 1.21 bits per heavy atom. The number of ether oxygens (including phenoxy) is 1. The molecule has 182 valence electrons. The van der Waals surface area contributed by atoms with Crippen molar-refractivity contribution in [3.8, 4) is 0 Å². The largest absolute Gasteiger partial charge is 0.461 e. The molecule has 1 unspecified atom stereocenters. The van der Waals surface area contributed by atoms with Crippen LogP contribution in [0.4, 0.5) is 5.69 Å². The number of amides is 2. The van der Waals surface area contributed by atoms with E-state index in [9.17, 15) is 14.4 Å². The summed E-state index contributed by atoms with van der Waals surface area (Å²) in [4.78, 5) is 41.6. The van der Waals surface area contributed by atoms with Crippen LogP contribution in [0.2, 0.25) is 0 Å². The van der Waals surface area contributed by atoms with Crippen molar-refractivity contribution in [1.29, 1.82) is 0 Å². The third kappa shape index (κ3) is 4.21. The summed E-state index contributed by atoms with van der Waals surface area (Å²) in [5.41, 5.74) is 1.76. The van der Waals surface area contributed by atoms with E-state index in [4.69, 9.17) is 4.74 Å². The Morgan fingerprint density at radius 2 is 1.91 bits per heavy atom. The lowest BCUT2D eigenvalue weighted by Crippen LogP contribution is -2.65. The molecule has 0 radical (unpaired) electrons. The number of benzene rings is 1. The summed E-state index contributed by atoms with van der Waals surface area (Å²) in [5.74, 6) is -0.490. The molecule has 1 atom stereocenters. The highest BCUT2D eigenvalue weighted by Crippen LogP contribution is 2.36. The molecule has 8 heteroatoms. The van der Waals surface area contributed by atoms with Crippen molar-refractivity contribution in [2.75, 3.05) is 11.5 Å². The molecule has 1 fully saturated rings. The quantitative estimate of drug-likeness (QED) is 0.677. The maximum Gasteiger partial charge on any atom is 0.358 e. The first-order chi connectivity index (χ1) is 16.2. The molecular formula is C26H34N4O4. The summed E-state index contributed by atoms with van der Waals surface area (Å²) in [6.45, 7) is 10.0. The van der Waals surface area contributed by atoms with Crippen LogP contribution in [0, 0.1) is 19.8 Å². The Morgan fingerprint density at radius 3 is 2.59 bits per heavy atom. The Hall–Kier alpha value is -3.16. The van der Waals surface area contributed by atoms with Gasteiger partial charge in [-0.25, -0.2) is 4.79 Å². The number of aromatic nitrogens is 2. The number of hydrogen-bond acceptors (Lipinski definition) is 5. The topological polar surface area (TPSA) is 93.5 Å². The smallest absolute Gasteiger partial charge is 0.358 e. The zero-order valence-corrected chi connectivity index (χ0v) is 20.7. The van der Waals surface area contributed by atoms with Gasteiger partial charge in [-0.1, -0.05) is 19.1 Å². The Bertz CT molecular complexity index is 1120. The third-order valence-corrected chi connectivity index (χ3v) is 7.30. The molecule has 0 bridgehead atoms. The van der Waals surface area contributed by atoms with E-state index in [1.807, 2.05) is 32.0 Å². The van der Waals surface area contributed by atoms with E-state index in [2.05, 4.69) is 17.3 Å². The van der Waals surface area contributed by atoms with Crippen molar-refractivity contribution in [2.45, 2.75) is 78.4 Å². The number of rotatable bonds is 5. The van der Waals surface area contributed by atoms with Gasteiger partial charge in [-0.15, -0.1) is 0 Å². The molecular weight excluding hydrogens is 432 g/mol. The van der Waals surface area contributed by atoms with Crippen molar-refractivity contribution < 1.29 is 19.1 Å². The SMILES string of the molecule is CCOC(=O)c1cc2n(n1)CC(C)(C(=O)NC1CCC(C)CC1)N(c1cccc(C)c1C)C2=O. The number of aryl methyl sites for hydroxylation is 1. The lowest BCUT2D eigenvalue weighted by Gasteiger charge is -2.44. The molecule has 2 aromatic rings.